The summed E-state index contributed by atoms with van der Waals surface area (Å²) in [5.41, 5.74) is -3.29. The van der Waals surface area contributed by atoms with Gasteiger partial charge in [-0.15, -0.1) is 23.2 Å². The molecule has 0 aliphatic rings. The van der Waals surface area contributed by atoms with Gasteiger partial charge in [0.2, 0.25) is 0 Å². The fourth-order valence-electron chi connectivity index (χ4n) is 4.94. The number of hydrogen-bond acceptors (Lipinski definition) is 16. The van der Waals surface area contributed by atoms with Crippen molar-refractivity contribution in [2.45, 2.75) is 19.5 Å². The molecule has 22 nitrogen and oxygen atoms in total. The van der Waals surface area contributed by atoms with Crippen molar-refractivity contribution in [2.75, 3.05) is 37.9 Å². The standard InChI is InChI=1S/C21H28Cl2N2.2C6H3N3O7/c22-12-16-24(17-13-23)14-7-15-25(18-20-8-3-1-4-9-20)19-21-10-5-2-6-11-21;2*10-6-4(8(13)14)1-3(7(11)12)2-5(6)9(15)16/h1-6,8-11H,7,12-19H2;2*1-2,10H. The summed E-state index contributed by atoms with van der Waals surface area (Å²) in [7, 11) is 0. The van der Waals surface area contributed by atoms with Crippen LogP contribution in [0.1, 0.15) is 17.5 Å². The number of nitrogens with zero attached hydrogens (tertiary/aromatic N) is 8. The molecule has 0 aliphatic carbocycles. The van der Waals surface area contributed by atoms with Gasteiger partial charge < -0.3 is 15.1 Å². The Morgan fingerprint density at radius 1 is 0.456 bits per heavy atom. The van der Waals surface area contributed by atoms with E-state index in [1.807, 2.05) is 0 Å². The van der Waals surface area contributed by atoms with Gasteiger partial charge in [-0.25, -0.2) is 0 Å². The lowest BCUT2D eigenvalue weighted by atomic mass is 10.1. The van der Waals surface area contributed by atoms with E-state index in [-0.39, 0.29) is 0 Å². The lowest BCUT2D eigenvalue weighted by Gasteiger charge is -2.25. The Morgan fingerprint density at radius 3 is 1.02 bits per heavy atom. The molecule has 0 bridgehead atoms. The van der Waals surface area contributed by atoms with Gasteiger partial charge in [0.1, 0.15) is 0 Å². The molecule has 24 heteroatoms. The Kier molecular flexibility index (Phi) is 19.0. The number of hydrogen-bond donors (Lipinski definition) is 2. The van der Waals surface area contributed by atoms with Crippen LogP contribution >= 0.6 is 23.2 Å². The first-order valence-electron chi connectivity index (χ1n) is 16.2. The van der Waals surface area contributed by atoms with E-state index in [1.165, 1.54) is 11.1 Å². The normalized spacial score (nSPS) is 10.5. The first kappa shape index (κ1) is 46.5. The van der Waals surface area contributed by atoms with Crippen molar-refractivity contribution in [3.8, 4) is 11.5 Å². The Bertz CT molecular complexity index is 1820. The molecule has 0 atom stereocenters. The molecule has 0 aliphatic heterocycles. The van der Waals surface area contributed by atoms with Gasteiger partial charge in [0.15, 0.2) is 0 Å². The maximum atomic E-state index is 10.4. The van der Waals surface area contributed by atoms with Gasteiger partial charge in [0.25, 0.3) is 22.9 Å². The summed E-state index contributed by atoms with van der Waals surface area (Å²) in [6.07, 6.45) is 1.12. The van der Waals surface area contributed by atoms with Crippen LogP contribution in [-0.4, -0.2) is 87.5 Å². The highest BCUT2D eigenvalue weighted by atomic mass is 35.5. The first-order chi connectivity index (χ1) is 27.0. The van der Waals surface area contributed by atoms with Gasteiger partial charge in [0, 0.05) is 44.5 Å². The second kappa shape index (κ2) is 23.3. The Balaban J connectivity index is 0.000000308. The van der Waals surface area contributed by atoms with Crippen LogP contribution in [0.25, 0.3) is 0 Å². The molecule has 4 aromatic carbocycles. The molecule has 0 amide bonds. The zero-order chi connectivity index (χ0) is 42.7. The minimum atomic E-state index is -1.21. The van der Waals surface area contributed by atoms with Crippen LogP contribution in [0.15, 0.2) is 84.9 Å². The second-order valence-corrected chi connectivity index (χ2v) is 12.2. The van der Waals surface area contributed by atoms with Gasteiger partial charge in [-0.1, -0.05) is 60.7 Å². The average molecular weight is 838 g/mol. The molecule has 4 rings (SSSR count). The summed E-state index contributed by atoms with van der Waals surface area (Å²) in [6.45, 7) is 5.86. The van der Waals surface area contributed by atoms with Crippen molar-refractivity contribution >= 4 is 57.3 Å². The molecule has 0 radical (unpaired) electrons. The highest BCUT2D eigenvalue weighted by Gasteiger charge is 2.31. The van der Waals surface area contributed by atoms with Crippen molar-refractivity contribution in [2.24, 2.45) is 0 Å². The molecule has 0 fully saturated rings. The number of nitro benzene ring substituents is 6. The molecule has 0 saturated carbocycles. The number of phenolic OH excluding ortho intramolecular Hbond substituents is 2. The van der Waals surface area contributed by atoms with Crippen molar-refractivity contribution in [1.29, 1.82) is 0 Å². The van der Waals surface area contributed by atoms with Crippen molar-refractivity contribution in [1.82, 2.24) is 9.80 Å². The fourth-order valence-corrected chi connectivity index (χ4v) is 5.41. The largest absolute Gasteiger partial charge is 0.497 e. The van der Waals surface area contributed by atoms with E-state index in [4.69, 9.17) is 33.4 Å². The van der Waals surface area contributed by atoms with E-state index in [0.717, 1.165) is 45.7 Å². The van der Waals surface area contributed by atoms with Crippen LogP contribution < -0.4 is 0 Å². The molecule has 0 spiro atoms. The third-order valence-corrected chi connectivity index (χ3v) is 7.90. The molecular formula is C33H34Cl2N8O14. The maximum Gasteiger partial charge on any atom is 0.324 e. The highest BCUT2D eigenvalue weighted by molar-refractivity contribution is 6.18. The minimum Gasteiger partial charge on any atom is -0.497 e. The van der Waals surface area contributed by atoms with Crippen molar-refractivity contribution < 1.29 is 39.8 Å². The quantitative estimate of drug-likeness (QED) is 0.0573. The topological polar surface area (TPSA) is 306 Å². The summed E-state index contributed by atoms with van der Waals surface area (Å²) in [6, 6.07) is 23.2. The van der Waals surface area contributed by atoms with E-state index in [2.05, 4.69) is 70.5 Å². The number of nitro groups is 6. The van der Waals surface area contributed by atoms with Crippen molar-refractivity contribution in [3.05, 3.63) is 157 Å². The van der Waals surface area contributed by atoms with Crippen LogP contribution in [0.5, 0.6) is 11.5 Å². The molecule has 57 heavy (non-hydrogen) atoms. The molecule has 0 unspecified atom stereocenters. The van der Waals surface area contributed by atoms with Crippen LogP contribution in [0.3, 0.4) is 0 Å². The van der Waals surface area contributed by atoms with E-state index < -0.39 is 75.2 Å². The predicted octanol–water partition coefficient (Wildman–Crippen LogP) is 7.09. The van der Waals surface area contributed by atoms with Crippen LogP contribution in [0, 0.1) is 60.7 Å². The van der Waals surface area contributed by atoms with Crippen molar-refractivity contribution in [3.63, 3.8) is 0 Å². The van der Waals surface area contributed by atoms with E-state index in [1.54, 1.807) is 0 Å². The summed E-state index contributed by atoms with van der Waals surface area (Å²) >= 11 is 11.8. The Hall–Kier alpha value is -6.62. The van der Waals surface area contributed by atoms with E-state index in [0.29, 0.717) is 36.0 Å². The van der Waals surface area contributed by atoms with E-state index in [9.17, 15) is 60.7 Å². The van der Waals surface area contributed by atoms with Crippen LogP contribution in [-0.2, 0) is 13.1 Å². The predicted molar refractivity (Wildman–Crippen MR) is 206 cm³/mol. The smallest absolute Gasteiger partial charge is 0.324 e. The molecule has 304 valence electrons. The number of alkyl halides is 2. The molecule has 0 saturated heterocycles. The summed E-state index contributed by atoms with van der Waals surface area (Å²) in [5, 5.41) is 80.4. The molecule has 0 heterocycles. The number of aromatic hydroxyl groups is 2. The minimum absolute atomic E-state index is 0.447. The Labute approximate surface area is 332 Å². The second-order valence-electron chi connectivity index (χ2n) is 11.5. The number of non-ortho nitro benzene ring substituents is 2. The van der Waals surface area contributed by atoms with Gasteiger partial charge in [-0.3, -0.25) is 65.6 Å². The third kappa shape index (κ3) is 15.2. The Morgan fingerprint density at radius 2 is 0.754 bits per heavy atom. The maximum absolute atomic E-state index is 10.4. The van der Waals surface area contributed by atoms with Crippen LogP contribution in [0.4, 0.5) is 34.1 Å². The van der Waals surface area contributed by atoms with Gasteiger partial charge in [-0.05, 0) is 24.1 Å². The lowest BCUT2D eigenvalue weighted by Crippen LogP contribution is -2.32. The van der Waals surface area contributed by atoms with E-state index >= 15 is 0 Å². The summed E-state index contributed by atoms with van der Waals surface area (Å²) < 4.78 is 0. The fraction of sp³-hybridized carbons (Fsp3) is 0.273. The monoisotopic (exact) mass is 836 g/mol. The first-order valence-corrected chi connectivity index (χ1v) is 17.3. The highest BCUT2D eigenvalue weighted by Crippen LogP contribution is 2.40. The van der Waals surface area contributed by atoms with Gasteiger partial charge in [-0.2, -0.15) is 0 Å². The number of phenols is 2. The number of benzene rings is 4. The summed E-state index contributed by atoms with van der Waals surface area (Å²) in [4.78, 5) is 60.4. The summed E-state index contributed by atoms with van der Waals surface area (Å²) in [5.74, 6) is -1.09. The van der Waals surface area contributed by atoms with Gasteiger partial charge in [0.05, 0.1) is 53.8 Å². The average Bonchev–Trinajstić information content (AvgIpc) is 3.15. The lowest BCUT2D eigenvalue weighted by molar-refractivity contribution is -0.404. The molecule has 0 aromatic heterocycles. The molecule has 2 N–H and O–H groups in total. The molecular weight excluding hydrogens is 803 g/mol. The molecule has 4 aromatic rings. The zero-order valence-electron chi connectivity index (χ0n) is 29.6. The van der Waals surface area contributed by atoms with Gasteiger partial charge >= 0.3 is 22.7 Å². The third-order valence-electron chi connectivity index (χ3n) is 7.57. The zero-order valence-corrected chi connectivity index (χ0v) is 31.1. The number of rotatable bonds is 18. The SMILES string of the molecule is ClCCN(CCCl)CCCN(Cc1ccccc1)Cc1ccccc1.O=[N+]([O-])c1cc([N+](=O)[O-])c(O)c([N+](=O)[O-])c1.O=[N+]([O-])c1cc([N+](=O)[O-])c(O)c([N+](=O)[O-])c1. The van der Waals surface area contributed by atoms with Crippen LogP contribution in [0.2, 0.25) is 0 Å². The number of halogens is 2.